The van der Waals surface area contributed by atoms with Crippen molar-refractivity contribution in [2.75, 3.05) is 18.5 Å². The first kappa shape index (κ1) is 13.6. The highest BCUT2D eigenvalue weighted by Crippen LogP contribution is 2.23. The predicted molar refractivity (Wildman–Crippen MR) is 75.7 cm³/mol. The van der Waals surface area contributed by atoms with Gasteiger partial charge in [0.25, 0.3) is 0 Å². The lowest BCUT2D eigenvalue weighted by atomic mass is 9.99. The third kappa shape index (κ3) is 3.33. The van der Waals surface area contributed by atoms with Crippen LogP contribution in [0.3, 0.4) is 0 Å². The Kier molecular flexibility index (Phi) is 4.78. The van der Waals surface area contributed by atoms with Crippen molar-refractivity contribution < 1.29 is 9.53 Å². The molecule has 1 heterocycles. The SMILES string of the molecule is CCc1cc(Br)ccc1NC(=O)C1CCOCC1. The minimum atomic E-state index is 0.0899. The number of rotatable bonds is 3. The molecule has 0 spiro atoms. The van der Waals surface area contributed by atoms with Crippen LogP contribution in [0.1, 0.15) is 25.3 Å². The third-order valence-corrected chi connectivity index (χ3v) is 3.79. The minimum Gasteiger partial charge on any atom is -0.381 e. The van der Waals surface area contributed by atoms with Crippen molar-refractivity contribution >= 4 is 27.5 Å². The Morgan fingerprint density at radius 3 is 2.83 bits per heavy atom. The van der Waals surface area contributed by atoms with Crippen molar-refractivity contribution in [2.24, 2.45) is 5.92 Å². The number of ether oxygens (including phenoxy) is 1. The van der Waals surface area contributed by atoms with E-state index in [1.54, 1.807) is 0 Å². The molecule has 1 aliphatic rings. The molecule has 2 rings (SSSR count). The Morgan fingerprint density at radius 1 is 1.44 bits per heavy atom. The van der Waals surface area contributed by atoms with Gasteiger partial charge in [0, 0.05) is 29.3 Å². The smallest absolute Gasteiger partial charge is 0.227 e. The molecule has 1 saturated heterocycles. The molecule has 1 amide bonds. The van der Waals surface area contributed by atoms with Crippen LogP contribution in [-0.2, 0) is 16.0 Å². The average Bonchev–Trinajstić information content (AvgIpc) is 2.41. The fourth-order valence-corrected chi connectivity index (χ4v) is 2.58. The molecule has 1 aromatic rings. The first-order chi connectivity index (χ1) is 8.70. The van der Waals surface area contributed by atoms with Crippen molar-refractivity contribution in [2.45, 2.75) is 26.2 Å². The van der Waals surface area contributed by atoms with Crippen LogP contribution in [0.4, 0.5) is 5.69 Å². The highest BCUT2D eigenvalue weighted by molar-refractivity contribution is 9.10. The van der Waals surface area contributed by atoms with Gasteiger partial charge >= 0.3 is 0 Å². The summed E-state index contributed by atoms with van der Waals surface area (Å²) in [4.78, 5) is 12.1. The molecule has 4 heteroatoms. The number of anilines is 1. The number of carbonyl (C=O) groups excluding carboxylic acids is 1. The van der Waals surface area contributed by atoms with E-state index >= 15 is 0 Å². The summed E-state index contributed by atoms with van der Waals surface area (Å²) in [7, 11) is 0. The summed E-state index contributed by atoms with van der Waals surface area (Å²) < 4.78 is 6.32. The first-order valence-corrected chi connectivity index (χ1v) is 7.17. The van der Waals surface area contributed by atoms with Crippen molar-refractivity contribution in [1.29, 1.82) is 0 Å². The third-order valence-electron chi connectivity index (χ3n) is 3.30. The van der Waals surface area contributed by atoms with Gasteiger partial charge in [0.15, 0.2) is 0 Å². The predicted octanol–water partition coefficient (Wildman–Crippen LogP) is 3.38. The standard InChI is InChI=1S/C14H18BrNO2/c1-2-10-9-12(15)3-4-13(10)16-14(17)11-5-7-18-8-6-11/h3-4,9,11H,2,5-8H2,1H3,(H,16,17). The fraction of sp³-hybridized carbons (Fsp3) is 0.500. The molecule has 1 fully saturated rings. The number of benzene rings is 1. The molecular formula is C14H18BrNO2. The lowest BCUT2D eigenvalue weighted by Crippen LogP contribution is -2.28. The fourth-order valence-electron chi connectivity index (χ4n) is 2.17. The van der Waals surface area contributed by atoms with Crippen molar-refractivity contribution in [3.8, 4) is 0 Å². The van der Waals surface area contributed by atoms with E-state index in [2.05, 4.69) is 34.2 Å². The number of amides is 1. The van der Waals surface area contributed by atoms with Gasteiger partial charge in [-0.2, -0.15) is 0 Å². The van der Waals surface area contributed by atoms with Crippen molar-refractivity contribution in [3.05, 3.63) is 28.2 Å². The Balaban J connectivity index is 2.06. The van der Waals surface area contributed by atoms with E-state index in [0.717, 1.165) is 35.0 Å². The molecule has 98 valence electrons. The van der Waals surface area contributed by atoms with Crippen molar-refractivity contribution in [1.82, 2.24) is 0 Å². The molecule has 1 aliphatic heterocycles. The topological polar surface area (TPSA) is 38.3 Å². The molecule has 3 nitrogen and oxygen atoms in total. The monoisotopic (exact) mass is 311 g/mol. The van der Waals surface area contributed by atoms with E-state index in [4.69, 9.17) is 4.74 Å². The van der Waals surface area contributed by atoms with E-state index in [0.29, 0.717) is 13.2 Å². The first-order valence-electron chi connectivity index (χ1n) is 6.37. The van der Waals surface area contributed by atoms with Crippen LogP contribution in [0.15, 0.2) is 22.7 Å². The van der Waals surface area contributed by atoms with Gasteiger partial charge in [-0.1, -0.05) is 22.9 Å². The second kappa shape index (κ2) is 6.34. The van der Waals surface area contributed by atoms with Crippen molar-refractivity contribution in [3.63, 3.8) is 0 Å². The number of hydrogen-bond donors (Lipinski definition) is 1. The zero-order valence-electron chi connectivity index (χ0n) is 10.5. The van der Waals surface area contributed by atoms with E-state index in [1.807, 2.05) is 12.1 Å². The highest BCUT2D eigenvalue weighted by atomic mass is 79.9. The van der Waals surface area contributed by atoms with Gasteiger partial charge in [-0.05, 0) is 43.0 Å². The number of nitrogens with one attached hydrogen (secondary N) is 1. The lowest BCUT2D eigenvalue weighted by Gasteiger charge is -2.22. The maximum absolute atomic E-state index is 12.1. The minimum absolute atomic E-state index is 0.0899. The second-order valence-corrected chi connectivity index (χ2v) is 5.45. The van der Waals surface area contributed by atoms with Crippen LogP contribution in [0.2, 0.25) is 0 Å². The highest BCUT2D eigenvalue weighted by Gasteiger charge is 2.22. The van der Waals surface area contributed by atoms with Gasteiger partial charge in [-0.25, -0.2) is 0 Å². The van der Waals surface area contributed by atoms with E-state index < -0.39 is 0 Å². The summed E-state index contributed by atoms with van der Waals surface area (Å²) in [5.74, 6) is 0.211. The van der Waals surface area contributed by atoms with Gasteiger partial charge in [0.1, 0.15) is 0 Å². The molecule has 0 saturated carbocycles. The van der Waals surface area contributed by atoms with Crippen LogP contribution in [0, 0.1) is 5.92 Å². The van der Waals surface area contributed by atoms with Gasteiger partial charge in [-0.15, -0.1) is 0 Å². The molecule has 0 radical (unpaired) electrons. The van der Waals surface area contributed by atoms with Gasteiger partial charge in [-0.3, -0.25) is 4.79 Å². The summed E-state index contributed by atoms with van der Waals surface area (Å²) in [5, 5.41) is 3.04. The Labute approximate surface area is 116 Å². The molecule has 0 unspecified atom stereocenters. The van der Waals surface area contributed by atoms with Crippen LogP contribution in [-0.4, -0.2) is 19.1 Å². The molecule has 1 aromatic carbocycles. The van der Waals surface area contributed by atoms with Gasteiger partial charge < -0.3 is 10.1 Å². The van der Waals surface area contributed by atoms with Gasteiger partial charge in [0.05, 0.1) is 0 Å². The maximum atomic E-state index is 12.1. The van der Waals surface area contributed by atoms with Crippen LogP contribution in [0.5, 0.6) is 0 Å². The van der Waals surface area contributed by atoms with Gasteiger partial charge in [0.2, 0.25) is 5.91 Å². The molecule has 0 aromatic heterocycles. The quantitative estimate of drug-likeness (QED) is 0.929. The number of halogens is 1. The summed E-state index contributed by atoms with van der Waals surface area (Å²) in [5.41, 5.74) is 2.09. The maximum Gasteiger partial charge on any atom is 0.227 e. The summed E-state index contributed by atoms with van der Waals surface area (Å²) in [6.07, 6.45) is 2.55. The average molecular weight is 312 g/mol. The molecule has 18 heavy (non-hydrogen) atoms. The summed E-state index contributed by atoms with van der Waals surface area (Å²) in [6, 6.07) is 5.97. The summed E-state index contributed by atoms with van der Waals surface area (Å²) >= 11 is 3.45. The molecule has 0 atom stereocenters. The number of carbonyl (C=O) groups is 1. The molecule has 1 N–H and O–H groups in total. The van der Waals surface area contributed by atoms with Crippen LogP contribution in [0.25, 0.3) is 0 Å². The zero-order chi connectivity index (χ0) is 13.0. The number of aryl methyl sites for hydroxylation is 1. The van der Waals surface area contributed by atoms with Crippen LogP contribution < -0.4 is 5.32 Å². The Hall–Kier alpha value is -0.870. The Bertz CT molecular complexity index is 428. The second-order valence-electron chi connectivity index (χ2n) is 4.53. The van der Waals surface area contributed by atoms with E-state index in [-0.39, 0.29) is 11.8 Å². The van der Waals surface area contributed by atoms with E-state index in [1.165, 1.54) is 0 Å². The molecular weight excluding hydrogens is 294 g/mol. The Morgan fingerprint density at radius 2 is 2.17 bits per heavy atom. The van der Waals surface area contributed by atoms with E-state index in [9.17, 15) is 4.79 Å². The van der Waals surface area contributed by atoms with Crippen LogP contribution >= 0.6 is 15.9 Å². The lowest BCUT2D eigenvalue weighted by molar-refractivity contribution is -0.122. The summed E-state index contributed by atoms with van der Waals surface area (Å²) in [6.45, 7) is 3.48. The largest absolute Gasteiger partial charge is 0.381 e. The molecule has 0 bridgehead atoms. The molecule has 0 aliphatic carbocycles. The number of hydrogen-bond acceptors (Lipinski definition) is 2. The normalized spacial score (nSPS) is 16.6. The zero-order valence-corrected chi connectivity index (χ0v) is 12.1.